The van der Waals surface area contributed by atoms with Crippen LogP contribution in [-0.4, -0.2) is 49.5 Å². The highest BCUT2D eigenvalue weighted by Gasteiger charge is 2.35. The number of alkyl halides is 3. The first-order chi connectivity index (χ1) is 16.9. The van der Waals surface area contributed by atoms with E-state index < -0.39 is 57.4 Å². The predicted molar refractivity (Wildman–Crippen MR) is 138 cm³/mol. The lowest BCUT2D eigenvalue weighted by molar-refractivity contribution is -0.141. The van der Waals surface area contributed by atoms with Gasteiger partial charge in [-0.05, 0) is 51.0 Å². The van der Waals surface area contributed by atoms with E-state index in [1.165, 1.54) is 4.90 Å². The molecule has 0 saturated carbocycles. The number of halogens is 4. The second-order valence-electron chi connectivity index (χ2n) is 9.60. The third kappa shape index (κ3) is 8.63. The van der Waals surface area contributed by atoms with E-state index in [9.17, 15) is 31.2 Å². The average molecular weight is 562 g/mol. The van der Waals surface area contributed by atoms with Crippen LogP contribution in [0.3, 0.4) is 0 Å². The standard InChI is InChI=1S/C25H31ClF3N3O4S/c1-6-20(23(34)30-24(2,3)4)31(15-17-10-8-7-9-11-17)22(33)16-32(37(5,35)36)21-14-18(25(27,28)29)12-13-19(21)26/h7-14,20H,6,15-16H2,1-5H3,(H,30,34). The Bertz CT molecular complexity index is 1220. The van der Waals surface area contributed by atoms with Gasteiger partial charge in [0.1, 0.15) is 12.6 Å². The number of amides is 2. The molecule has 0 bridgehead atoms. The Morgan fingerprint density at radius 1 is 1.05 bits per heavy atom. The molecule has 2 amide bonds. The molecule has 0 saturated heterocycles. The van der Waals surface area contributed by atoms with Crippen molar-refractivity contribution in [2.75, 3.05) is 17.1 Å². The Balaban J connectivity index is 2.54. The third-order valence-electron chi connectivity index (χ3n) is 5.30. The van der Waals surface area contributed by atoms with Crippen molar-refractivity contribution < 1.29 is 31.2 Å². The van der Waals surface area contributed by atoms with E-state index in [1.54, 1.807) is 58.0 Å². The number of nitrogens with zero attached hydrogens (tertiary/aromatic N) is 2. The first-order valence-electron chi connectivity index (χ1n) is 11.4. The molecule has 0 aromatic heterocycles. The number of anilines is 1. The summed E-state index contributed by atoms with van der Waals surface area (Å²) >= 11 is 6.09. The first-order valence-corrected chi connectivity index (χ1v) is 13.7. The fraction of sp³-hybridized carbons (Fsp3) is 0.440. The molecule has 2 rings (SSSR count). The summed E-state index contributed by atoms with van der Waals surface area (Å²) in [4.78, 5) is 28.0. The van der Waals surface area contributed by atoms with Gasteiger partial charge in [0.2, 0.25) is 21.8 Å². The van der Waals surface area contributed by atoms with Crippen LogP contribution in [0.15, 0.2) is 48.5 Å². The maximum atomic E-state index is 13.6. The summed E-state index contributed by atoms with van der Waals surface area (Å²) in [7, 11) is -4.25. The molecule has 7 nitrogen and oxygen atoms in total. The largest absolute Gasteiger partial charge is 0.416 e. The summed E-state index contributed by atoms with van der Waals surface area (Å²) < 4.78 is 65.9. The Hall–Kier alpha value is -2.79. The molecule has 2 aromatic rings. The van der Waals surface area contributed by atoms with Crippen LogP contribution in [-0.2, 0) is 32.3 Å². The van der Waals surface area contributed by atoms with Crippen LogP contribution in [0.4, 0.5) is 18.9 Å². The molecule has 0 aliphatic carbocycles. The lowest BCUT2D eigenvalue weighted by Gasteiger charge is -2.34. The summed E-state index contributed by atoms with van der Waals surface area (Å²) in [6, 6.07) is 10.0. The summed E-state index contributed by atoms with van der Waals surface area (Å²) in [5, 5.41) is 2.55. The summed E-state index contributed by atoms with van der Waals surface area (Å²) in [5.74, 6) is -1.22. The zero-order valence-corrected chi connectivity index (χ0v) is 22.8. The Morgan fingerprint density at radius 3 is 2.14 bits per heavy atom. The highest BCUT2D eigenvalue weighted by atomic mass is 35.5. The van der Waals surface area contributed by atoms with Crippen molar-refractivity contribution in [3.8, 4) is 0 Å². The van der Waals surface area contributed by atoms with Gasteiger partial charge < -0.3 is 10.2 Å². The highest BCUT2D eigenvalue weighted by molar-refractivity contribution is 7.92. The van der Waals surface area contributed by atoms with Crippen molar-refractivity contribution in [2.24, 2.45) is 0 Å². The minimum Gasteiger partial charge on any atom is -0.350 e. The van der Waals surface area contributed by atoms with Crippen LogP contribution in [0.5, 0.6) is 0 Å². The summed E-state index contributed by atoms with van der Waals surface area (Å²) in [5.41, 5.74) is -1.53. The SMILES string of the molecule is CCC(C(=O)NC(C)(C)C)N(Cc1ccccc1)C(=O)CN(c1cc(C(F)(F)F)ccc1Cl)S(C)(=O)=O. The normalized spacial score (nSPS) is 13.1. The van der Waals surface area contributed by atoms with Crippen molar-refractivity contribution in [1.29, 1.82) is 0 Å². The van der Waals surface area contributed by atoms with Crippen molar-refractivity contribution in [1.82, 2.24) is 10.2 Å². The quantitative estimate of drug-likeness (QED) is 0.474. The lowest BCUT2D eigenvalue weighted by atomic mass is 10.1. The van der Waals surface area contributed by atoms with E-state index in [0.717, 1.165) is 18.4 Å². The van der Waals surface area contributed by atoms with Gasteiger partial charge in [-0.3, -0.25) is 13.9 Å². The van der Waals surface area contributed by atoms with Gasteiger partial charge in [0.25, 0.3) is 0 Å². The van der Waals surface area contributed by atoms with Crippen LogP contribution in [0, 0.1) is 0 Å². The number of hydrogen-bond donors (Lipinski definition) is 1. The van der Waals surface area contributed by atoms with Crippen molar-refractivity contribution in [3.63, 3.8) is 0 Å². The molecule has 1 unspecified atom stereocenters. The van der Waals surface area contributed by atoms with Gasteiger partial charge >= 0.3 is 6.18 Å². The monoisotopic (exact) mass is 561 g/mol. The Morgan fingerprint density at radius 2 is 1.65 bits per heavy atom. The topological polar surface area (TPSA) is 86.8 Å². The predicted octanol–water partition coefficient (Wildman–Crippen LogP) is 4.85. The molecule has 37 heavy (non-hydrogen) atoms. The average Bonchev–Trinajstić information content (AvgIpc) is 2.75. The van der Waals surface area contributed by atoms with E-state index >= 15 is 0 Å². The van der Waals surface area contributed by atoms with E-state index in [0.29, 0.717) is 15.9 Å². The number of carbonyl (C=O) groups is 2. The zero-order chi connectivity index (χ0) is 28.2. The molecule has 204 valence electrons. The van der Waals surface area contributed by atoms with Gasteiger partial charge in [-0.2, -0.15) is 13.2 Å². The molecule has 0 aliphatic heterocycles. The number of nitrogens with one attached hydrogen (secondary N) is 1. The smallest absolute Gasteiger partial charge is 0.350 e. The van der Waals surface area contributed by atoms with Gasteiger partial charge in [-0.25, -0.2) is 8.42 Å². The van der Waals surface area contributed by atoms with Crippen LogP contribution in [0.25, 0.3) is 0 Å². The molecule has 0 radical (unpaired) electrons. The van der Waals surface area contributed by atoms with Crippen molar-refractivity contribution in [3.05, 3.63) is 64.7 Å². The fourth-order valence-electron chi connectivity index (χ4n) is 3.63. The molecule has 0 fully saturated rings. The van der Waals surface area contributed by atoms with Crippen LogP contribution in [0.1, 0.15) is 45.2 Å². The second-order valence-corrected chi connectivity index (χ2v) is 11.9. The minimum atomic E-state index is -4.76. The van der Waals surface area contributed by atoms with E-state index in [1.807, 2.05) is 0 Å². The van der Waals surface area contributed by atoms with Crippen LogP contribution < -0.4 is 9.62 Å². The third-order valence-corrected chi connectivity index (χ3v) is 6.75. The molecule has 12 heteroatoms. The molecular weight excluding hydrogens is 531 g/mol. The molecule has 2 aromatic carbocycles. The highest BCUT2D eigenvalue weighted by Crippen LogP contribution is 2.36. The van der Waals surface area contributed by atoms with Gasteiger partial charge in [0, 0.05) is 12.1 Å². The number of sulfonamides is 1. The van der Waals surface area contributed by atoms with Gasteiger partial charge in [0.15, 0.2) is 0 Å². The van der Waals surface area contributed by atoms with Gasteiger partial charge in [0.05, 0.1) is 22.5 Å². The summed E-state index contributed by atoms with van der Waals surface area (Å²) in [6.07, 6.45) is -3.78. The van der Waals surface area contributed by atoms with E-state index in [2.05, 4.69) is 5.32 Å². The van der Waals surface area contributed by atoms with E-state index in [-0.39, 0.29) is 18.0 Å². The molecule has 0 aliphatic rings. The Labute approximate surface area is 220 Å². The number of carbonyl (C=O) groups excluding carboxylic acids is 2. The van der Waals surface area contributed by atoms with Crippen molar-refractivity contribution >= 4 is 39.1 Å². The van der Waals surface area contributed by atoms with Crippen LogP contribution >= 0.6 is 11.6 Å². The Kier molecular flexibility index (Phi) is 9.64. The van der Waals surface area contributed by atoms with Gasteiger partial charge in [-0.15, -0.1) is 0 Å². The second kappa shape index (κ2) is 11.7. The number of benzene rings is 2. The van der Waals surface area contributed by atoms with E-state index in [4.69, 9.17) is 11.6 Å². The molecule has 0 spiro atoms. The maximum absolute atomic E-state index is 13.6. The van der Waals surface area contributed by atoms with Crippen LogP contribution in [0.2, 0.25) is 5.02 Å². The lowest BCUT2D eigenvalue weighted by Crippen LogP contribution is -2.55. The van der Waals surface area contributed by atoms with Crippen molar-refractivity contribution in [2.45, 2.75) is 58.4 Å². The molecule has 0 heterocycles. The summed E-state index contributed by atoms with van der Waals surface area (Å²) in [6.45, 7) is 6.16. The number of rotatable bonds is 9. The van der Waals surface area contributed by atoms with Gasteiger partial charge in [-0.1, -0.05) is 48.9 Å². The molecular formula is C25H31ClF3N3O4S. The number of hydrogen-bond acceptors (Lipinski definition) is 4. The molecule has 1 N–H and O–H groups in total. The zero-order valence-electron chi connectivity index (χ0n) is 21.3. The fourth-order valence-corrected chi connectivity index (χ4v) is 4.75. The maximum Gasteiger partial charge on any atom is 0.416 e. The minimum absolute atomic E-state index is 0.0241. The first kappa shape index (κ1) is 30.4. The molecule has 1 atom stereocenters.